The zero-order chi connectivity index (χ0) is 11.4. The predicted molar refractivity (Wildman–Crippen MR) is 79.5 cm³/mol. The van der Waals surface area contributed by atoms with Gasteiger partial charge < -0.3 is 0 Å². The summed E-state index contributed by atoms with van der Waals surface area (Å²) >= 11 is 48.6. The predicted octanol–water partition coefficient (Wildman–Crippen LogP) is 4.91. The molecule has 0 nitrogen and oxygen atoms in total. The second-order valence-electron chi connectivity index (χ2n) is 3.10. The van der Waals surface area contributed by atoms with Gasteiger partial charge in [0, 0.05) is 0 Å². The molecule has 12 heteroatoms. The van der Waals surface area contributed by atoms with E-state index in [-0.39, 0.29) is 0 Å². The molecule has 0 N–H and O–H groups in total. The quantitative estimate of drug-likeness (QED) is 0.437. The summed E-state index contributed by atoms with van der Waals surface area (Å²) in [5.41, 5.74) is -6.02. The molecule has 0 aromatic heterocycles. The van der Waals surface area contributed by atoms with Crippen LogP contribution in [0.15, 0.2) is 0 Å². The third kappa shape index (κ3) is 2.21. The SMILES string of the molecule is Cl[Si](Cl)(Cl)[Si]1(Cl)CC[Si]1(Cl)[Si](Cl)(Cl)Cl. The Hall–Kier alpha value is 3.19. The van der Waals surface area contributed by atoms with Gasteiger partial charge in [-0.15, -0.1) is 66.5 Å². The van der Waals surface area contributed by atoms with Crippen LogP contribution in [0.25, 0.3) is 0 Å². The lowest BCUT2D eigenvalue weighted by molar-refractivity contribution is 1.35. The molecule has 0 spiro atoms. The number of hydrogen-bond donors (Lipinski definition) is 0. The molecule has 0 aromatic carbocycles. The van der Waals surface area contributed by atoms with Gasteiger partial charge in [0.25, 0.3) is 0 Å². The van der Waals surface area contributed by atoms with Gasteiger partial charge >= 0.3 is 11.0 Å². The number of rotatable bonds is 2. The molecule has 2 unspecified atom stereocenters. The highest BCUT2D eigenvalue weighted by Crippen LogP contribution is 2.60. The summed E-state index contributed by atoms with van der Waals surface area (Å²) in [6.07, 6.45) is -5.22. The first kappa shape index (κ1) is 15.2. The van der Waals surface area contributed by atoms with Gasteiger partial charge in [0.05, 0.1) is 0 Å². The molecule has 0 aliphatic carbocycles. The average molecular weight is 424 g/mol. The number of halogens is 8. The van der Waals surface area contributed by atoms with Crippen LogP contribution in [0.4, 0.5) is 0 Å². The Morgan fingerprint density at radius 3 is 0.929 bits per heavy atom. The maximum atomic E-state index is 6.39. The maximum absolute atomic E-state index is 6.39. The lowest BCUT2D eigenvalue weighted by Gasteiger charge is -2.52. The fourth-order valence-electron chi connectivity index (χ4n) is 1.30. The van der Waals surface area contributed by atoms with Crippen molar-refractivity contribution in [3.63, 3.8) is 0 Å². The second-order valence-corrected chi connectivity index (χ2v) is 54.1. The summed E-state index contributed by atoms with van der Waals surface area (Å²) in [5.74, 6) is 0. The third-order valence-electron chi connectivity index (χ3n) is 2.34. The summed E-state index contributed by atoms with van der Waals surface area (Å²) in [5, 5.41) is 0. The molecular weight excluding hydrogens is 420 g/mol. The molecule has 1 rings (SSSR count). The average Bonchev–Trinajstić information content (AvgIpc) is 1.95. The highest BCUT2D eigenvalue weighted by molar-refractivity contribution is 8.23. The fourth-order valence-corrected chi connectivity index (χ4v) is 97.3. The Morgan fingerprint density at radius 1 is 0.643 bits per heavy atom. The van der Waals surface area contributed by atoms with E-state index in [2.05, 4.69) is 0 Å². The van der Waals surface area contributed by atoms with Crippen molar-refractivity contribution in [2.24, 2.45) is 0 Å². The third-order valence-corrected chi connectivity index (χ3v) is 83.6. The van der Waals surface area contributed by atoms with Crippen LogP contribution in [0.5, 0.6) is 0 Å². The largest absolute Gasteiger partial charge is 0.340 e. The van der Waals surface area contributed by atoms with E-state index in [9.17, 15) is 0 Å². The molecule has 1 saturated heterocycles. The van der Waals surface area contributed by atoms with Crippen molar-refractivity contribution in [2.75, 3.05) is 0 Å². The van der Waals surface area contributed by atoms with Crippen LogP contribution < -0.4 is 0 Å². The first-order valence-electron chi connectivity index (χ1n) is 3.47. The molecule has 0 radical (unpaired) electrons. The van der Waals surface area contributed by atoms with E-state index in [1.165, 1.54) is 0 Å². The molecule has 1 fully saturated rings. The zero-order valence-electron chi connectivity index (χ0n) is 6.44. The smallest absolute Gasteiger partial charge is 0.168 e. The fraction of sp³-hybridized carbons (Fsp3) is 1.00. The van der Waals surface area contributed by atoms with Crippen molar-refractivity contribution in [3.05, 3.63) is 0 Å². The molecular formula is C2H4Cl8Si4. The van der Waals surface area contributed by atoms with E-state index in [0.29, 0.717) is 12.1 Å². The van der Waals surface area contributed by atoms with Crippen LogP contribution in [-0.2, 0) is 0 Å². The Kier molecular flexibility index (Phi) is 4.77. The van der Waals surface area contributed by atoms with Crippen molar-refractivity contribution < 1.29 is 0 Å². The lowest BCUT2D eigenvalue weighted by atomic mass is 10.9. The van der Waals surface area contributed by atoms with E-state index in [1.54, 1.807) is 0 Å². The van der Waals surface area contributed by atoms with E-state index in [4.69, 9.17) is 88.6 Å². The summed E-state index contributed by atoms with van der Waals surface area (Å²) in [6.45, 7) is 0. The first-order chi connectivity index (χ1) is 5.96. The molecule has 1 heterocycles. The van der Waals surface area contributed by atoms with Crippen molar-refractivity contribution in [1.82, 2.24) is 0 Å². The molecule has 2 atom stereocenters. The van der Waals surface area contributed by atoms with Gasteiger partial charge in [0.15, 0.2) is 0 Å². The highest BCUT2D eigenvalue weighted by atomic mass is 35.9. The van der Waals surface area contributed by atoms with Gasteiger partial charge in [0.1, 0.15) is 0 Å². The van der Waals surface area contributed by atoms with Crippen LogP contribution >= 0.6 is 88.6 Å². The summed E-state index contributed by atoms with van der Waals surface area (Å²) < 4.78 is 0. The van der Waals surface area contributed by atoms with Crippen LogP contribution in [0.2, 0.25) is 12.1 Å². The molecule has 1 aliphatic heterocycles. The summed E-state index contributed by atoms with van der Waals surface area (Å²) in [7, 11) is 0. The summed E-state index contributed by atoms with van der Waals surface area (Å²) in [4.78, 5) is 0. The Labute approximate surface area is 123 Å². The monoisotopic (exact) mass is 420 g/mol. The summed E-state index contributed by atoms with van der Waals surface area (Å²) in [6, 6.07) is 1.35. The Bertz CT molecular complexity index is 219. The van der Waals surface area contributed by atoms with Crippen molar-refractivity contribution in [1.29, 1.82) is 0 Å². The standard InChI is InChI=1S/C2H4Cl8Si4/c3-11(13(5,6)7)1-2-12(11,4)14(8,9)10/h1-2H2. The first-order valence-corrected chi connectivity index (χ1v) is 23.0. The van der Waals surface area contributed by atoms with Crippen LogP contribution in [0.3, 0.4) is 0 Å². The Balaban J connectivity index is 3.07. The van der Waals surface area contributed by atoms with Gasteiger partial charge in [-0.2, -0.15) is 22.2 Å². The minimum absolute atomic E-state index is 0.675. The van der Waals surface area contributed by atoms with Crippen molar-refractivity contribution in [3.8, 4) is 0 Å². The molecule has 0 bridgehead atoms. The van der Waals surface area contributed by atoms with Crippen LogP contribution in [0.1, 0.15) is 0 Å². The van der Waals surface area contributed by atoms with E-state index in [1.807, 2.05) is 0 Å². The topological polar surface area (TPSA) is 0 Å². The maximum Gasteiger partial charge on any atom is 0.340 e. The number of hydrogen-bond acceptors (Lipinski definition) is 0. The highest BCUT2D eigenvalue weighted by Gasteiger charge is 2.80. The van der Waals surface area contributed by atoms with Crippen LogP contribution in [-0.4, -0.2) is 23.9 Å². The zero-order valence-corrected chi connectivity index (χ0v) is 16.5. The molecule has 0 amide bonds. The van der Waals surface area contributed by atoms with Crippen molar-refractivity contribution in [2.45, 2.75) is 12.1 Å². The van der Waals surface area contributed by atoms with Gasteiger partial charge in [-0.25, -0.2) is 0 Å². The minimum Gasteiger partial charge on any atom is -0.168 e. The Morgan fingerprint density at radius 2 is 0.857 bits per heavy atom. The van der Waals surface area contributed by atoms with Crippen LogP contribution in [0, 0.1) is 0 Å². The van der Waals surface area contributed by atoms with Gasteiger partial charge in [-0.3, -0.25) is 0 Å². The molecule has 84 valence electrons. The molecule has 0 aromatic rings. The molecule has 1 aliphatic rings. The second kappa shape index (κ2) is 4.38. The van der Waals surface area contributed by atoms with E-state index >= 15 is 0 Å². The van der Waals surface area contributed by atoms with Gasteiger partial charge in [-0.05, 0) is 12.1 Å². The lowest BCUT2D eigenvalue weighted by Crippen LogP contribution is -2.80. The van der Waals surface area contributed by atoms with E-state index in [0.717, 1.165) is 0 Å². The molecule has 14 heavy (non-hydrogen) atoms. The van der Waals surface area contributed by atoms with Gasteiger partial charge in [-0.1, -0.05) is 0 Å². The normalized spacial score (nSPS) is 39.4. The minimum atomic E-state index is -3.01. The molecule has 0 saturated carbocycles. The van der Waals surface area contributed by atoms with Crippen molar-refractivity contribution >= 4 is 113 Å². The van der Waals surface area contributed by atoms with Gasteiger partial charge in [0.2, 0.25) is 12.8 Å². The van der Waals surface area contributed by atoms with E-state index < -0.39 is 23.9 Å².